The van der Waals surface area contributed by atoms with Gasteiger partial charge in [-0.3, -0.25) is 5.32 Å². The minimum absolute atomic E-state index is 0.155. The second kappa shape index (κ2) is 8.95. The van der Waals surface area contributed by atoms with Gasteiger partial charge in [0, 0.05) is 50.2 Å². The van der Waals surface area contributed by atoms with E-state index in [0.29, 0.717) is 37.2 Å². The van der Waals surface area contributed by atoms with Gasteiger partial charge in [0.15, 0.2) is 10.3 Å². The molecule has 0 radical (unpaired) electrons. The number of benzene rings is 1. The van der Waals surface area contributed by atoms with Gasteiger partial charge in [-0.2, -0.15) is 0 Å². The average molecular weight is 461 g/mol. The lowest BCUT2D eigenvalue weighted by Crippen LogP contribution is -2.43. The van der Waals surface area contributed by atoms with Crippen molar-refractivity contribution in [3.63, 3.8) is 0 Å². The number of nitrogens with zero attached hydrogens (tertiary/aromatic N) is 4. The van der Waals surface area contributed by atoms with E-state index in [-0.39, 0.29) is 6.03 Å². The van der Waals surface area contributed by atoms with Crippen LogP contribution in [0.25, 0.3) is 21.5 Å². The minimum Gasteiger partial charge on any atom is -0.494 e. The summed E-state index contributed by atoms with van der Waals surface area (Å²) in [5.41, 5.74) is 2.65. The number of methoxy groups -OCH3 is 1. The van der Waals surface area contributed by atoms with Gasteiger partial charge in [-0.1, -0.05) is 11.3 Å². The molecule has 2 aliphatic rings. The van der Waals surface area contributed by atoms with Crippen LogP contribution in [0.2, 0.25) is 0 Å². The smallest absolute Gasteiger partial charge is 0.323 e. The summed E-state index contributed by atoms with van der Waals surface area (Å²) in [5, 5.41) is 9.98. The molecule has 2 N–H and O–H groups in total. The number of ether oxygens (including phenoxy) is 2. The summed E-state index contributed by atoms with van der Waals surface area (Å²) in [6, 6.07) is 3.77. The third-order valence-corrected chi connectivity index (χ3v) is 7.30. The van der Waals surface area contributed by atoms with Crippen molar-refractivity contribution in [1.29, 1.82) is 0 Å². The molecule has 2 aromatic heterocycles. The molecule has 0 unspecified atom stereocenters. The number of rotatable bonds is 4. The van der Waals surface area contributed by atoms with Crippen LogP contribution in [-0.4, -0.2) is 80.5 Å². The Bertz CT molecular complexity index is 1070. The molecule has 0 saturated carbocycles. The summed E-state index contributed by atoms with van der Waals surface area (Å²) >= 11 is 3.10. The molecule has 0 bridgehead atoms. The van der Waals surface area contributed by atoms with Gasteiger partial charge in [0.05, 0.1) is 30.7 Å². The number of anilines is 2. The fraction of sp³-hybridized carbons (Fsp3) is 0.450. The largest absolute Gasteiger partial charge is 0.494 e. The SMILES string of the molecule is COc1ccc(-c2csc(N3CCNCC3)n2)c2sc(NC(=O)N3CCOCC3)nc12. The highest BCUT2D eigenvalue weighted by Gasteiger charge is 2.21. The first-order chi connectivity index (χ1) is 15.2. The van der Waals surface area contributed by atoms with Crippen molar-refractivity contribution >= 4 is 49.2 Å². The summed E-state index contributed by atoms with van der Waals surface area (Å²) in [6.07, 6.45) is 0. The van der Waals surface area contributed by atoms with Crippen LogP contribution in [0.3, 0.4) is 0 Å². The van der Waals surface area contributed by atoms with E-state index in [0.717, 1.165) is 52.8 Å². The van der Waals surface area contributed by atoms with Crippen molar-refractivity contribution in [2.24, 2.45) is 0 Å². The Hall–Kier alpha value is -2.47. The lowest BCUT2D eigenvalue weighted by Gasteiger charge is -2.26. The topological polar surface area (TPSA) is 91.9 Å². The van der Waals surface area contributed by atoms with Gasteiger partial charge in [-0.15, -0.1) is 11.3 Å². The summed E-state index contributed by atoms with van der Waals surface area (Å²) in [4.78, 5) is 26.2. The van der Waals surface area contributed by atoms with Crippen LogP contribution >= 0.6 is 22.7 Å². The lowest BCUT2D eigenvalue weighted by atomic mass is 10.1. The van der Waals surface area contributed by atoms with E-state index < -0.39 is 0 Å². The Kier molecular flexibility index (Phi) is 5.90. The molecule has 2 saturated heterocycles. The number of carbonyl (C=O) groups is 1. The fourth-order valence-electron chi connectivity index (χ4n) is 3.73. The minimum atomic E-state index is -0.155. The van der Waals surface area contributed by atoms with Crippen molar-refractivity contribution in [2.45, 2.75) is 0 Å². The van der Waals surface area contributed by atoms with E-state index in [1.165, 1.54) is 11.3 Å². The third kappa shape index (κ3) is 4.18. The number of piperazine rings is 1. The van der Waals surface area contributed by atoms with Crippen molar-refractivity contribution in [1.82, 2.24) is 20.2 Å². The van der Waals surface area contributed by atoms with Crippen molar-refractivity contribution in [3.8, 4) is 17.0 Å². The number of hydrogen-bond donors (Lipinski definition) is 2. The van der Waals surface area contributed by atoms with E-state index in [1.807, 2.05) is 12.1 Å². The molecule has 4 heterocycles. The molecule has 0 spiro atoms. The first-order valence-electron chi connectivity index (χ1n) is 10.3. The fourth-order valence-corrected chi connectivity index (χ4v) is 5.60. The number of carbonyl (C=O) groups excluding carboxylic acids is 1. The Morgan fingerprint density at radius 1 is 1.19 bits per heavy atom. The summed E-state index contributed by atoms with van der Waals surface area (Å²) < 4.78 is 11.8. The lowest BCUT2D eigenvalue weighted by molar-refractivity contribution is 0.0564. The predicted octanol–water partition coefficient (Wildman–Crippen LogP) is 2.70. The number of thiazole rings is 2. The van der Waals surface area contributed by atoms with E-state index in [2.05, 4.69) is 25.9 Å². The van der Waals surface area contributed by atoms with Gasteiger partial charge in [-0.25, -0.2) is 14.8 Å². The van der Waals surface area contributed by atoms with Gasteiger partial charge in [0.2, 0.25) is 0 Å². The predicted molar refractivity (Wildman–Crippen MR) is 124 cm³/mol. The Morgan fingerprint density at radius 2 is 2.00 bits per heavy atom. The quantitative estimate of drug-likeness (QED) is 0.619. The highest BCUT2D eigenvalue weighted by Crippen LogP contribution is 2.40. The highest BCUT2D eigenvalue weighted by molar-refractivity contribution is 7.23. The monoisotopic (exact) mass is 460 g/mol. The molecule has 2 aliphatic heterocycles. The molecular formula is C20H24N6O3S2. The number of urea groups is 1. The standard InChI is InChI=1S/C20H24N6O3S2/c1-28-15-3-2-13(14-12-30-20(22-14)26-6-4-21-5-7-26)17-16(15)23-18(31-17)24-19(27)25-8-10-29-11-9-25/h2-3,12,21H,4-11H2,1H3,(H,23,24,27). The number of amides is 2. The number of hydrogen-bond acceptors (Lipinski definition) is 9. The molecule has 31 heavy (non-hydrogen) atoms. The molecule has 11 heteroatoms. The Morgan fingerprint density at radius 3 is 2.77 bits per heavy atom. The van der Waals surface area contributed by atoms with E-state index in [9.17, 15) is 4.79 Å². The van der Waals surface area contributed by atoms with Crippen LogP contribution in [-0.2, 0) is 4.74 Å². The zero-order valence-corrected chi connectivity index (χ0v) is 18.9. The maximum Gasteiger partial charge on any atom is 0.323 e. The second-order valence-electron chi connectivity index (χ2n) is 7.29. The van der Waals surface area contributed by atoms with Crippen LogP contribution in [0, 0.1) is 0 Å². The first-order valence-corrected chi connectivity index (χ1v) is 12.0. The van der Waals surface area contributed by atoms with Crippen LogP contribution in [0.1, 0.15) is 0 Å². The molecule has 5 rings (SSSR count). The molecule has 0 atom stereocenters. The Balaban J connectivity index is 1.45. The van der Waals surface area contributed by atoms with Crippen LogP contribution in [0.15, 0.2) is 17.5 Å². The maximum absolute atomic E-state index is 12.6. The van der Waals surface area contributed by atoms with Crippen molar-refractivity contribution in [2.75, 3.05) is 69.8 Å². The second-order valence-corrected chi connectivity index (χ2v) is 9.13. The highest BCUT2D eigenvalue weighted by atomic mass is 32.1. The third-order valence-electron chi connectivity index (χ3n) is 5.39. The van der Waals surface area contributed by atoms with Gasteiger partial charge in [0.1, 0.15) is 11.3 Å². The zero-order valence-electron chi connectivity index (χ0n) is 17.2. The molecule has 3 aromatic rings. The molecular weight excluding hydrogens is 436 g/mol. The summed E-state index contributed by atoms with van der Waals surface area (Å²) in [6.45, 7) is 6.16. The molecule has 9 nitrogen and oxygen atoms in total. The van der Waals surface area contributed by atoms with Crippen LogP contribution in [0.5, 0.6) is 5.75 Å². The molecule has 0 aliphatic carbocycles. The van der Waals surface area contributed by atoms with Crippen molar-refractivity contribution < 1.29 is 14.3 Å². The molecule has 1 aromatic carbocycles. The first kappa shape index (κ1) is 20.4. The molecule has 164 valence electrons. The van der Waals surface area contributed by atoms with E-state index >= 15 is 0 Å². The summed E-state index contributed by atoms with van der Waals surface area (Å²) in [7, 11) is 1.63. The van der Waals surface area contributed by atoms with Crippen molar-refractivity contribution in [3.05, 3.63) is 17.5 Å². The Labute approximate surface area is 188 Å². The molecule has 2 amide bonds. The zero-order chi connectivity index (χ0) is 21.2. The number of fused-ring (bicyclic) bond motifs is 1. The van der Waals surface area contributed by atoms with Gasteiger partial charge >= 0.3 is 6.03 Å². The van der Waals surface area contributed by atoms with Crippen LogP contribution in [0.4, 0.5) is 15.1 Å². The van der Waals surface area contributed by atoms with E-state index in [1.54, 1.807) is 23.3 Å². The maximum atomic E-state index is 12.6. The van der Waals surface area contributed by atoms with Gasteiger partial charge < -0.3 is 24.6 Å². The summed E-state index contributed by atoms with van der Waals surface area (Å²) in [5.74, 6) is 0.680. The van der Waals surface area contributed by atoms with E-state index in [4.69, 9.17) is 14.5 Å². The van der Waals surface area contributed by atoms with Gasteiger partial charge in [0.25, 0.3) is 0 Å². The molecule has 2 fully saturated rings. The number of nitrogens with one attached hydrogen (secondary N) is 2. The number of aromatic nitrogens is 2. The van der Waals surface area contributed by atoms with Gasteiger partial charge in [-0.05, 0) is 12.1 Å². The van der Waals surface area contributed by atoms with Crippen LogP contribution < -0.4 is 20.3 Å². The normalized spacial score (nSPS) is 17.2. The number of morpholine rings is 1. The average Bonchev–Trinajstić information content (AvgIpc) is 3.47.